The number of nitrogens with one attached hydrogen (secondary N) is 1. The van der Waals surface area contributed by atoms with Crippen LogP contribution >= 0.6 is 0 Å². The maximum Gasteiger partial charge on any atom is 0.240 e. The van der Waals surface area contributed by atoms with Crippen LogP contribution < -0.4 is 5.32 Å². The van der Waals surface area contributed by atoms with Gasteiger partial charge in [-0.25, -0.2) is 0 Å². The predicted molar refractivity (Wildman–Crippen MR) is 72.5 cm³/mol. The molecule has 8 nitrogen and oxygen atoms in total. The molecule has 0 saturated carbocycles. The third kappa shape index (κ3) is 3.10. The zero-order valence-electron chi connectivity index (χ0n) is 12.0. The minimum absolute atomic E-state index is 0.0321. The van der Waals surface area contributed by atoms with Gasteiger partial charge in [-0.2, -0.15) is 4.98 Å². The van der Waals surface area contributed by atoms with Crippen molar-refractivity contribution in [1.82, 2.24) is 20.2 Å². The van der Waals surface area contributed by atoms with Crippen LogP contribution in [0.5, 0.6) is 0 Å². The van der Waals surface area contributed by atoms with Gasteiger partial charge in [-0.05, 0) is 26.3 Å². The SMILES string of the molecule is Cc1cc(NC(=O)CN2CCC[C@H]2c2noc(C)n2)on1. The number of carbonyl (C=O) groups is 1. The quantitative estimate of drug-likeness (QED) is 0.910. The number of nitrogens with zero attached hydrogens (tertiary/aromatic N) is 4. The van der Waals surface area contributed by atoms with Gasteiger partial charge in [0.15, 0.2) is 5.82 Å². The lowest BCUT2D eigenvalue weighted by Gasteiger charge is -2.20. The Kier molecular flexibility index (Phi) is 3.70. The Morgan fingerprint density at radius 1 is 1.43 bits per heavy atom. The lowest BCUT2D eigenvalue weighted by molar-refractivity contribution is -0.117. The second-order valence-corrected chi connectivity index (χ2v) is 5.18. The van der Waals surface area contributed by atoms with Gasteiger partial charge in [-0.3, -0.25) is 15.0 Å². The molecule has 1 aliphatic rings. The Morgan fingerprint density at radius 3 is 2.95 bits per heavy atom. The molecule has 1 saturated heterocycles. The number of hydrogen-bond donors (Lipinski definition) is 1. The maximum absolute atomic E-state index is 12.1. The fourth-order valence-electron chi connectivity index (χ4n) is 2.54. The highest BCUT2D eigenvalue weighted by atomic mass is 16.5. The summed E-state index contributed by atoms with van der Waals surface area (Å²) in [6, 6.07) is 1.71. The van der Waals surface area contributed by atoms with E-state index < -0.39 is 0 Å². The Balaban J connectivity index is 1.62. The molecule has 0 radical (unpaired) electrons. The van der Waals surface area contributed by atoms with Crippen LogP contribution in [0.25, 0.3) is 0 Å². The molecule has 0 aromatic carbocycles. The molecule has 1 amide bonds. The number of aromatic nitrogens is 3. The second kappa shape index (κ2) is 5.65. The smallest absolute Gasteiger partial charge is 0.240 e. The zero-order valence-corrected chi connectivity index (χ0v) is 12.0. The first-order valence-corrected chi connectivity index (χ1v) is 6.89. The molecular formula is C13H17N5O3. The molecule has 112 valence electrons. The molecule has 0 spiro atoms. The number of carbonyl (C=O) groups excluding carboxylic acids is 1. The van der Waals surface area contributed by atoms with Crippen molar-refractivity contribution < 1.29 is 13.8 Å². The Hall–Kier alpha value is -2.22. The van der Waals surface area contributed by atoms with Crippen LogP contribution in [0.1, 0.15) is 36.3 Å². The number of hydrogen-bond acceptors (Lipinski definition) is 7. The van der Waals surface area contributed by atoms with Crippen molar-refractivity contribution in [2.24, 2.45) is 0 Å². The van der Waals surface area contributed by atoms with E-state index in [1.165, 1.54) is 0 Å². The van der Waals surface area contributed by atoms with Crippen LogP contribution in [0.2, 0.25) is 0 Å². The molecule has 3 heterocycles. The Bertz CT molecular complexity index is 635. The van der Waals surface area contributed by atoms with Gasteiger partial charge in [-0.15, -0.1) is 0 Å². The maximum atomic E-state index is 12.1. The first-order chi connectivity index (χ1) is 10.1. The first kappa shape index (κ1) is 13.7. The van der Waals surface area contributed by atoms with E-state index in [-0.39, 0.29) is 18.5 Å². The summed E-state index contributed by atoms with van der Waals surface area (Å²) in [5.74, 6) is 1.41. The summed E-state index contributed by atoms with van der Waals surface area (Å²) >= 11 is 0. The first-order valence-electron chi connectivity index (χ1n) is 6.89. The van der Waals surface area contributed by atoms with Gasteiger partial charge in [0, 0.05) is 13.0 Å². The van der Waals surface area contributed by atoms with Gasteiger partial charge in [-0.1, -0.05) is 10.3 Å². The number of aryl methyl sites for hydroxylation is 2. The third-order valence-corrected chi connectivity index (χ3v) is 3.44. The lowest BCUT2D eigenvalue weighted by Crippen LogP contribution is -2.33. The van der Waals surface area contributed by atoms with E-state index in [0.29, 0.717) is 17.6 Å². The molecule has 1 fully saturated rings. The van der Waals surface area contributed by atoms with E-state index in [9.17, 15) is 4.79 Å². The highest BCUT2D eigenvalue weighted by Crippen LogP contribution is 2.29. The molecule has 2 aromatic rings. The normalized spacial score (nSPS) is 19.0. The van der Waals surface area contributed by atoms with E-state index >= 15 is 0 Å². The Labute approximate surface area is 121 Å². The van der Waals surface area contributed by atoms with Crippen LogP contribution in [-0.4, -0.2) is 39.2 Å². The van der Waals surface area contributed by atoms with E-state index in [1.54, 1.807) is 19.9 Å². The molecule has 2 aromatic heterocycles. The van der Waals surface area contributed by atoms with Crippen molar-refractivity contribution >= 4 is 11.8 Å². The molecule has 8 heteroatoms. The Morgan fingerprint density at radius 2 is 2.29 bits per heavy atom. The molecule has 3 rings (SSSR count). The minimum atomic E-state index is -0.140. The molecule has 21 heavy (non-hydrogen) atoms. The summed E-state index contributed by atoms with van der Waals surface area (Å²) < 4.78 is 9.99. The van der Waals surface area contributed by atoms with Gasteiger partial charge in [0.1, 0.15) is 0 Å². The van der Waals surface area contributed by atoms with Crippen LogP contribution in [0.15, 0.2) is 15.1 Å². The van der Waals surface area contributed by atoms with Crippen LogP contribution in [0.4, 0.5) is 5.88 Å². The van der Waals surface area contributed by atoms with E-state index in [4.69, 9.17) is 9.05 Å². The van der Waals surface area contributed by atoms with Crippen molar-refractivity contribution in [2.75, 3.05) is 18.4 Å². The topological polar surface area (TPSA) is 97.3 Å². The standard InChI is InChI=1S/C13H17N5O3/c1-8-6-12(21-16-8)15-11(19)7-18-5-3-4-10(18)13-14-9(2)20-17-13/h6,10H,3-5,7H2,1-2H3,(H,15,19)/t10-/m0/s1. The molecule has 1 N–H and O–H groups in total. The van der Waals surface area contributed by atoms with Gasteiger partial charge >= 0.3 is 0 Å². The summed E-state index contributed by atoms with van der Waals surface area (Å²) in [6.07, 6.45) is 1.93. The van der Waals surface area contributed by atoms with E-state index in [0.717, 1.165) is 25.1 Å². The fourth-order valence-corrected chi connectivity index (χ4v) is 2.54. The number of amides is 1. The molecule has 0 bridgehead atoms. The molecule has 0 aliphatic carbocycles. The average molecular weight is 291 g/mol. The number of rotatable bonds is 4. The number of likely N-dealkylation sites (tertiary alicyclic amines) is 1. The summed E-state index contributed by atoms with van der Waals surface area (Å²) in [6.45, 7) is 4.65. The van der Waals surface area contributed by atoms with Gasteiger partial charge < -0.3 is 9.05 Å². The second-order valence-electron chi connectivity index (χ2n) is 5.18. The summed E-state index contributed by atoms with van der Waals surface area (Å²) in [5.41, 5.74) is 0.728. The van der Waals surface area contributed by atoms with Crippen molar-refractivity contribution in [3.63, 3.8) is 0 Å². The van der Waals surface area contributed by atoms with E-state index in [2.05, 4.69) is 20.6 Å². The van der Waals surface area contributed by atoms with E-state index in [1.807, 2.05) is 4.90 Å². The molecule has 1 atom stereocenters. The summed E-state index contributed by atoms with van der Waals surface area (Å²) in [4.78, 5) is 18.4. The van der Waals surface area contributed by atoms with Crippen molar-refractivity contribution in [1.29, 1.82) is 0 Å². The average Bonchev–Trinajstić information content (AvgIpc) is 3.12. The van der Waals surface area contributed by atoms with Crippen LogP contribution in [0.3, 0.4) is 0 Å². The number of anilines is 1. The predicted octanol–water partition coefficient (Wildman–Crippen LogP) is 1.45. The monoisotopic (exact) mass is 291 g/mol. The highest BCUT2D eigenvalue weighted by Gasteiger charge is 2.31. The van der Waals surface area contributed by atoms with Crippen molar-refractivity contribution in [2.45, 2.75) is 32.7 Å². The lowest BCUT2D eigenvalue weighted by atomic mass is 10.2. The van der Waals surface area contributed by atoms with Gasteiger partial charge in [0.25, 0.3) is 0 Å². The summed E-state index contributed by atoms with van der Waals surface area (Å²) in [5, 5.41) is 10.4. The molecule has 1 aliphatic heterocycles. The molecular weight excluding hydrogens is 274 g/mol. The molecule has 0 unspecified atom stereocenters. The van der Waals surface area contributed by atoms with Crippen LogP contribution in [0, 0.1) is 13.8 Å². The minimum Gasteiger partial charge on any atom is -0.340 e. The largest absolute Gasteiger partial charge is 0.340 e. The zero-order chi connectivity index (χ0) is 14.8. The van der Waals surface area contributed by atoms with Gasteiger partial charge in [0.2, 0.25) is 17.7 Å². The fraction of sp³-hybridized carbons (Fsp3) is 0.538. The summed E-state index contributed by atoms with van der Waals surface area (Å²) in [7, 11) is 0. The van der Waals surface area contributed by atoms with Crippen molar-refractivity contribution in [3.05, 3.63) is 23.5 Å². The van der Waals surface area contributed by atoms with Crippen molar-refractivity contribution in [3.8, 4) is 0 Å². The third-order valence-electron chi connectivity index (χ3n) is 3.44. The van der Waals surface area contributed by atoms with Crippen LogP contribution in [-0.2, 0) is 4.79 Å². The highest BCUT2D eigenvalue weighted by molar-refractivity contribution is 5.91. The van der Waals surface area contributed by atoms with Gasteiger partial charge in [0.05, 0.1) is 18.3 Å².